The van der Waals surface area contributed by atoms with Crippen molar-refractivity contribution < 1.29 is 0 Å². The highest BCUT2D eigenvalue weighted by Crippen LogP contribution is 2.35. The molecule has 0 radical (unpaired) electrons. The molecule has 1 aliphatic carbocycles. The highest BCUT2D eigenvalue weighted by molar-refractivity contribution is 7.09. The molecular formula is C12H20N2S. The highest BCUT2D eigenvalue weighted by Gasteiger charge is 2.26. The minimum Gasteiger partial charge on any atom is -0.309 e. The van der Waals surface area contributed by atoms with E-state index in [-0.39, 0.29) is 0 Å². The molecule has 3 heteroatoms. The van der Waals surface area contributed by atoms with Crippen molar-refractivity contribution in [3.63, 3.8) is 0 Å². The minimum absolute atomic E-state index is 0.572. The smallest absolute Gasteiger partial charge is 0.0794 e. The zero-order valence-electron chi connectivity index (χ0n) is 9.62. The molecule has 1 fully saturated rings. The summed E-state index contributed by atoms with van der Waals surface area (Å²) in [6, 6.07) is 0.722. The fourth-order valence-corrected chi connectivity index (χ4v) is 2.72. The Kier molecular flexibility index (Phi) is 3.42. The predicted molar refractivity (Wildman–Crippen MR) is 65.0 cm³/mol. The third-order valence-electron chi connectivity index (χ3n) is 3.39. The molecule has 1 aromatic heterocycles. The van der Waals surface area contributed by atoms with Crippen LogP contribution in [0.5, 0.6) is 0 Å². The highest BCUT2D eigenvalue weighted by atomic mass is 32.1. The summed E-state index contributed by atoms with van der Waals surface area (Å²) >= 11 is 1.74. The lowest BCUT2D eigenvalue weighted by molar-refractivity contribution is 0.206. The lowest BCUT2D eigenvalue weighted by atomic mass is 9.75. The average Bonchev–Trinajstić information content (AvgIpc) is 2.69. The van der Waals surface area contributed by atoms with E-state index in [2.05, 4.69) is 24.1 Å². The molecular weight excluding hydrogens is 204 g/mol. The Balaban J connectivity index is 1.73. The number of hydrogen-bond acceptors (Lipinski definition) is 3. The maximum Gasteiger partial charge on any atom is 0.0794 e. The zero-order chi connectivity index (χ0) is 10.7. The standard InChI is InChI=1S/C12H20N2S/c1-12(2)5-3-10(4-6-12)14-8-11-7-13-9-15-11/h7,9-10,14H,3-6,8H2,1-2H3. The summed E-state index contributed by atoms with van der Waals surface area (Å²) in [5.74, 6) is 0. The Hall–Kier alpha value is -0.410. The van der Waals surface area contributed by atoms with E-state index in [0.717, 1.165) is 12.6 Å². The maximum absolute atomic E-state index is 4.09. The van der Waals surface area contributed by atoms with Gasteiger partial charge in [-0.2, -0.15) is 0 Å². The summed E-state index contributed by atoms with van der Waals surface area (Å²) in [7, 11) is 0. The molecule has 2 rings (SSSR count). The average molecular weight is 224 g/mol. The normalized spacial score (nSPS) is 21.7. The number of thiazole rings is 1. The van der Waals surface area contributed by atoms with Crippen LogP contribution < -0.4 is 5.32 Å². The Bertz CT molecular complexity index is 283. The first-order valence-electron chi connectivity index (χ1n) is 5.76. The molecule has 0 atom stereocenters. The van der Waals surface area contributed by atoms with E-state index in [0.29, 0.717) is 5.41 Å². The zero-order valence-corrected chi connectivity index (χ0v) is 10.4. The number of rotatable bonds is 3. The monoisotopic (exact) mass is 224 g/mol. The van der Waals surface area contributed by atoms with Gasteiger partial charge in [-0.05, 0) is 31.1 Å². The van der Waals surface area contributed by atoms with Crippen molar-refractivity contribution in [2.45, 2.75) is 52.1 Å². The maximum atomic E-state index is 4.09. The molecule has 2 nitrogen and oxygen atoms in total. The van der Waals surface area contributed by atoms with Crippen LogP contribution in [0, 0.1) is 5.41 Å². The van der Waals surface area contributed by atoms with E-state index < -0.39 is 0 Å². The second-order valence-electron chi connectivity index (χ2n) is 5.29. The van der Waals surface area contributed by atoms with E-state index in [1.165, 1.54) is 30.6 Å². The van der Waals surface area contributed by atoms with Gasteiger partial charge in [-0.25, -0.2) is 0 Å². The quantitative estimate of drug-likeness (QED) is 0.853. The lowest BCUT2D eigenvalue weighted by Gasteiger charge is -2.34. The van der Waals surface area contributed by atoms with Crippen LogP contribution in [-0.4, -0.2) is 11.0 Å². The van der Waals surface area contributed by atoms with E-state index >= 15 is 0 Å². The molecule has 0 bridgehead atoms. The number of aromatic nitrogens is 1. The molecule has 1 N–H and O–H groups in total. The van der Waals surface area contributed by atoms with Crippen LogP contribution in [0.2, 0.25) is 0 Å². The summed E-state index contributed by atoms with van der Waals surface area (Å²) in [5, 5.41) is 3.63. The van der Waals surface area contributed by atoms with E-state index in [1.54, 1.807) is 11.3 Å². The summed E-state index contributed by atoms with van der Waals surface area (Å²) in [6.07, 6.45) is 7.32. The van der Waals surface area contributed by atoms with Crippen LogP contribution in [0.4, 0.5) is 0 Å². The predicted octanol–water partition coefficient (Wildman–Crippen LogP) is 3.20. The van der Waals surface area contributed by atoms with Crippen LogP contribution in [0.3, 0.4) is 0 Å². The topological polar surface area (TPSA) is 24.9 Å². The molecule has 1 aliphatic rings. The van der Waals surface area contributed by atoms with Crippen molar-refractivity contribution in [1.82, 2.24) is 10.3 Å². The second kappa shape index (κ2) is 4.62. The molecule has 0 aromatic carbocycles. The molecule has 1 heterocycles. The van der Waals surface area contributed by atoms with Crippen molar-refractivity contribution in [2.24, 2.45) is 5.41 Å². The first-order valence-corrected chi connectivity index (χ1v) is 6.64. The van der Waals surface area contributed by atoms with Crippen molar-refractivity contribution in [3.8, 4) is 0 Å². The fraction of sp³-hybridized carbons (Fsp3) is 0.750. The Labute approximate surface area is 96.1 Å². The molecule has 15 heavy (non-hydrogen) atoms. The summed E-state index contributed by atoms with van der Waals surface area (Å²) in [4.78, 5) is 5.43. The first kappa shape index (κ1) is 11.1. The summed E-state index contributed by atoms with van der Waals surface area (Å²) in [6.45, 7) is 5.76. The van der Waals surface area contributed by atoms with Gasteiger partial charge in [0, 0.05) is 23.7 Å². The number of nitrogens with zero attached hydrogens (tertiary/aromatic N) is 1. The summed E-state index contributed by atoms with van der Waals surface area (Å²) in [5.41, 5.74) is 2.48. The molecule has 0 aliphatic heterocycles. The van der Waals surface area contributed by atoms with Crippen LogP contribution >= 0.6 is 11.3 Å². The van der Waals surface area contributed by atoms with Crippen molar-refractivity contribution in [2.75, 3.05) is 0 Å². The van der Waals surface area contributed by atoms with Gasteiger partial charge in [0.2, 0.25) is 0 Å². The molecule has 0 unspecified atom stereocenters. The Morgan fingerprint density at radius 3 is 2.80 bits per heavy atom. The third-order valence-corrected chi connectivity index (χ3v) is 4.17. The minimum atomic E-state index is 0.572. The van der Waals surface area contributed by atoms with Gasteiger partial charge < -0.3 is 5.32 Å². The van der Waals surface area contributed by atoms with Gasteiger partial charge in [-0.15, -0.1) is 11.3 Å². The molecule has 84 valence electrons. The van der Waals surface area contributed by atoms with Gasteiger partial charge in [0.05, 0.1) is 5.51 Å². The second-order valence-corrected chi connectivity index (χ2v) is 6.26. The molecule has 0 spiro atoms. The van der Waals surface area contributed by atoms with Gasteiger partial charge >= 0.3 is 0 Å². The van der Waals surface area contributed by atoms with Crippen LogP contribution in [0.1, 0.15) is 44.4 Å². The first-order chi connectivity index (χ1) is 7.16. The van der Waals surface area contributed by atoms with E-state index in [4.69, 9.17) is 0 Å². The molecule has 1 saturated carbocycles. The van der Waals surface area contributed by atoms with Gasteiger partial charge in [0.1, 0.15) is 0 Å². The fourth-order valence-electron chi connectivity index (χ4n) is 2.18. The number of nitrogens with one attached hydrogen (secondary N) is 1. The van der Waals surface area contributed by atoms with Crippen LogP contribution in [-0.2, 0) is 6.54 Å². The van der Waals surface area contributed by atoms with Crippen molar-refractivity contribution in [1.29, 1.82) is 0 Å². The van der Waals surface area contributed by atoms with Gasteiger partial charge in [0.25, 0.3) is 0 Å². The van der Waals surface area contributed by atoms with Crippen LogP contribution in [0.15, 0.2) is 11.7 Å². The summed E-state index contributed by atoms with van der Waals surface area (Å²) < 4.78 is 0. The van der Waals surface area contributed by atoms with Gasteiger partial charge in [0.15, 0.2) is 0 Å². The van der Waals surface area contributed by atoms with E-state index in [1.807, 2.05) is 11.7 Å². The largest absolute Gasteiger partial charge is 0.309 e. The molecule has 0 saturated heterocycles. The molecule has 1 aromatic rings. The lowest BCUT2D eigenvalue weighted by Crippen LogP contribution is -2.34. The molecule has 0 amide bonds. The van der Waals surface area contributed by atoms with Crippen LogP contribution in [0.25, 0.3) is 0 Å². The van der Waals surface area contributed by atoms with E-state index in [9.17, 15) is 0 Å². The Morgan fingerprint density at radius 2 is 2.20 bits per heavy atom. The SMILES string of the molecule is CC1(C)CCC(NCc2cncs2)CC1. The van der Waals surface area contributed by atoms with Gasteiger partial charge in [-0.1, -0.05) is 13.8 Å². The Morgan fingerprint density at radius 1 is 1.47 bits per heavy atom. The van der Waals surface area contributed by atoms with Gasteiger partial charge in [-0.3, -0.25) is 4.98 Å². The van der Waals surface area contributed by atoms with Crippen molar-refractivity contribution >= 4 is 11.3 Å². The number of hydrogen-bond donors (Lipinski definition) is 1. The van der Waals surface area contributed by atoms with Crippen molar-refractivity contribution in [3.05, 3.63) is 16.6 Å². The third kappa shape index (κ3) is 3.28.